The molecule has 0 bridgehead atoms. The van der Waals surface area contributed by atoms with Crippen molar-refractivity contribution in [1.82, 2.24) is 19.5 Å². The summed E-state index contributed by atoms with van der Waals surface area (Å²) in [7, 11) is 0. The van der Waals surface area contributed by atoms with Crippen molar-refractivity contribution in [3.63, 3.8) is 0 Å². The van der Waals surface area contributed by atoms with Crippen molar-refractivity contribution < 1.29 is 19.0 Å². The van der Waals surface area contributed by atoms with E-state index >= 15 is 0 Å². The first-order valence-corrected chi connectivity index (χ1v) is 20.9. The molecule has 13 nitrogen and oxygen atoms in total. The maximum absolute atomic E-state index is 15.0. The van der Waals surface area contributed by atoms with Gasteiger partial charge in [-0.05, 0) is 106 Å². The second-order valence-electron chi connectivity index (χ2n) is 14.5. The first-order chi connectivity index (χ1) is 30.7. The Balaban J connectivity index is 1.27. The van der Waals surface area contributed by atoms with Crippen LogP contribution in [0, 0.1) is 13.8 Å². The fourth-order valence-electron chi connectivity index (χ4n) is 6.84. The molecule has 0 saturated heterocycles. The third-order valence-electron chi connectivity index (χ3n) is 10.1. The number of ether oxygens (including phenoxy) is 3. The molecule has 0 saturated carbocycles. The molecule has 1 atom stereocenters. The Labute approximate surface area is 367 Å². The zero-order valence-corrected chi connectivity index (χ0v) is 36.0. The topological polar surface area (TPSA) is 145 Å². The first-order valence-electron chi connectivity index (χ1n) is 20.9. The Morgan fingerprint density at radius 1 is 0.794 bits per heavy atom. The van der Waals surface area contributed by atoms with Crippen molar-refractivity contribution in [2.45, 2.75) is 47.3 Å². The summed E-state index contributed by atoms with van der Waals surface area (Å²) in [6.45, 7) is 12.0. The molecule has 0 aliphatic heterocycles. The predicted molar refractivity (Wildman–Crippen MR) is 249 cm³/mol. The molecule has 13 heteroatoms. The molecule has 0 spiro atoms. The summed E-state index contributed by atoms with van der Waals surface area (Å²) in [5.41, 5.74) is 4.84. The number of para-hydroxylation sites is 1. The SMILES string of the molecule is CCC(OCNc1ccc(Oc2ccccc2)c(NC(=O)/C(=N\c2ccc(N(CC)CC)cc2)c2ncc(-c3ccccc3)c(=O)n2-c2ncccn2)c1)Oc1ccc(C)cc1C. The summed E-state index contributed by atoms with van der Waals surface area (Å²) in [6.07, 6.45) is 4.58. The number of aliphatic imine (C=N–C) groups is 1. The first kappa shape index (κ1) is 43.4. The van der Waals surface area contributed by atoms with Gasteiger partial charge in [-0.15, -0.1) is 0 Å². The van der Waals surface area contributed by atoms with Gasteiger partial charge in [0.05, 0.1) is 16.9 Å². The Hall–Kier alpha value is -7.64. The van der Waals surface area contributed by atoms with E-state index in [0.29, 0.717) is 46.1 Å². The maximum Gasteiger partial charge on any atom is 0.278 e. The average Bonchev–Trinajstić information content (AvgIpc) is 3.31. The van der Waals surface area contributed by atoms with Crippen LogP contribution < -0.4 is 30.6 Å². The summed E-state index contributed by atoms with van der Waals surface area (Å²) in [5.74, 6) is 0.938. The molecule has 0 fully saturated rings. The van der Waals surface area contributed by atoms with Crippen LogP contribution in [0.3, 0.4) is 0 Å². The summed E-state index contributed by atoms with van der Waals surface area (Å²) in [6, 6.07) is 38.9. The van der Waals surface area contributed by atoms with Crippen LogP contribution in [0.5, 0.6) is 17.2 Å². The standard InChI is InChI=1S/C50H50N8O5/c1-6-45(63-43-26-20-34(4)30-35(43)5)61-33-54-38-23-27-44(62-40-18-13-10-14-19-40)42(31-38)56-48(59)46(55-37-21-24-39(25-22-37)57(7-2)8-3)47-53-32-41(36-16-11-9-12-17-36)49(60)58(47)50-51-28-15-29-52-50/h9-32,45,54H,6-8,33H2,1-5H3,(H,56,59)/b55-46-. The zero-order chi connectivity index (χ0) is 44.1. The molecule has 0 aliphatic carbocycles. The number of nitrogens with one attached hydrogen (secondary N) is 2. The second kappa shape index (κ2) is 20.8. The van der Waals surface area contributed by atoms with E-state index in [4.69, 9.17) is 24.2 Å². The number of nitrogens with zero attached hydrogens (tertiary/aromatic N) is 6. The summed E-state index contributed by atoms with van der Waals surface area (Å²) in [5, 5.41) is 6.32. The Bertz CT molecular complexity index is 2710. The summed E-state index contributed by atoms with van der Waals surface area (Å²) in [4.78, 5) is 50.1. The van der Waals surface area contributed by atoms with Gasteiger partial charge in [-0.3, -0.25) is 9.59 Å². The van der Waals surface area contributed by atoms with Crippen LogP contribution in [0.25, 0.3) is 17.1 Å². The number of benzene rings is 5. The van der Waals surface area contributed by atoms with E-state index in [0.717, 1.165) is 35.7 Å². The molecule has 1 amide bonds. The number of aryl methyl sites for hydroxylation is 2. The highest BCUT2D eigenvalue weighted by Crippen LogP contribution is 2.33. The molecular weight excluding hydrogens is 793 g/mol. The Kier molecular flexibility index (Phi) is 14.3. The van der Waals surface area contributed by atoms with Gasteiger partial charge >= 0.3 is 0 Å². The Morgan fingerprint density at radius 3 is 2.17 bits per heavy atom. The molecule has 1 unspecified atom stereocenters. The highest BCUT2D eigenvalue weighted by atomic mass is 16.7. The number of hydrogen-bond donors (Lipinski definition) is 2. The largest absolute Gasteiger partial charge is 0.465 e. The van der Waals surface area contributed by atoms with Crippen LogP contribution in [0.1, 0.15) is 44.1 Å². The molecule has 7 aromatic rings. The van der Waals surface area contributed by atoms with Crippen LogP contribution in [-0.2, 0) is 9.53 Å². The van der Waals surface area contributed by atoms with Gasteiger partial charge in [0, 0.05) is 49.5 Å². The van der Waals surface area contributed by atoms with E-state index < -0.39 is 17.8 Å². The summed E-state index contributed by atoms with van der Waals surface area (Å²) >= 11 is 0. The average molecular weight is 843 g/mol. The van der Waals surface area contributed by atoms with Crippen LogP contribution in [-0.4, -0.2) is 57.2 Å². The van der Waals surface area contributed by atoms with E-state index in [9.17, 15) is 9.59 Å². The predicted octanol–water partition coefficient (Wildman–Crippen LogP) is 9.91. The van der Waals surface area contributed by atoms with E-state index in [1.54, 1.807) is 18.2 Å². The van der Waals surface area contributed by atoms with Gasteiger partial charge in [-0.1, -0.05) is 73.2 Å². The fourth-order valence-corrected chi connectivity index (χ4v) is 6.84. The van der Waals surface area contributed by atoms with E-state index in [1.807, 2.05) is 124 Å². The van der Waals surface area contributed by atoms with Crippen molar-refractivity contribution in [2.24, 2.45) is 4.99 Å². The van der Waals surface area contributed by atoms with Crippen molar-refractivity contribution in [3.05, 3.63) is 173 Å². The zero-order valence-electron chi connectivity index (χ0n) is 36.0. The van der Waals surface area contributed by atoms with Gasteiger partial charge in [-0.25, -0.2) is 24.5 Å². The maximum atomic E-state index is 15.0. The minimum atomic E-state index is -0.675. The number of aromatic nitrogens is 4. The number of anilines is 3. The number of carbonyl (C=O) groups is 1. The molecule has 2 aromatic heterocycles. The monoisotopic (exact) mass is 842 g/mol. The smallest absolute Gasteiger partial charge is 0.278 e. The van der Waals surface area contributed by atoms with Crippen molar-refractivity contribution >= 4 is 34.4 Å². The molecule has 2 N–H and O–H groups in total. The van der Waals surface area contributed by atoms with Gasteiger partial charge in [0.2, 0.25) is 12.2 Å². The normalized spacial score (nSPS) is 11.7. The summed E-state index contributed by atoms with van der Waals surface area (Å²) < 4.78 is 19.8. The van der Waals surface area contributed by atoms with Gasteiger partial charge in [-0.2, -0.15) is 0 Å². The Morgan fingerprint density at radius 2 is 1.49 bits per heavy atom. The lowest BCUT2D eigenvalue weighted by molar-refractivity contribution is -0.110. The third kappa shape index (κ3) is 10.8. The quantitative estimate of drug-likeness (QED) is 0.0633. The molecular formula is C50H50N8O5. The van der Waals surface area contributed by atoms with Crippen LogP contribution in [0.2, 0.25) is 0 Å². The number of hydrogen-bond acceptors (Lipinski definition) is 11. The second-order valence-corrected chi connectivity index (χ2v) is 14.5. The molecule has 63 heavy (non-hydrogen) atoms. The number of amides is 1. The molecule has 0 radical (unpaired) electrons. The van der Waals surface area contributed by atoms with Crippen molar-refractivity contribution in [3.8, 4) is 34.3 Å². The highest BCUT2D eigenvalue weighted by Gasteiger charge is 2.26. The van der Waals surface area contributed by atoms with E-state index in [-0.39, 0.29) is 24.2 Å². The van der Waals surface area contributed by atoms with E-state index in [2.05, 4.69) is 45.4 Å². The third-order valence-corrected chi connectivity index (χ3v) is 10.1. The fraction of sp³-hybridized carbons (Fsp3) is 0.200. The van der Waals surface area contributed by atoms with Crippen LogP contribution in [0.15, 0.2) is 156 Å². The van der Waals surface area contributed by atoms with E-state index in [1.165, 1.54) is 23.2 Å². The van der Waals surface area contributed by atoms with Crippen LogP contribution >= 0.6 is 0 Å². The molecule has 0 aliphatic rings. The molecule has 320 valence electrons. The lowest BCUT2D eigenvalue weighted by atomic mass is 10.1. The number of carbonyl (C=O) groups excluding carboxylic acids is 1. The lowest BCUT2D eigenvalue weighted by Gasteiger charge is -2.21. The van der Waals surface area contributed by atoms with Crippen molar-refractivity contribution in [2.75, 3.05) is 35.4 Å². The minimum Gasteiger partial charge on any atom is -0.465 e. The van der Waals surface area contributed by atoms with Gasteiger partial charge in [0.1, 0.15) is 18.2 Å². The van der Waals surface area contributed by atoms with Gasteiger partial charge < -0.3 is 29.7 Å². The molecule has 5 aromatic carbocycles. The van der Waals surface area contributed by atoms with Crippen molar-refractivity contribution in [1.29, 1.82) is 0 Å². The minimum absolute atomic E-state index is 0.0198. The molecule has 2 heterocycles. The lowest BCUT2D eigenvalue weighted by Crippen LogP contribution is -2.34. The van der Waals surface area contributed by atoms with Crippen LogP contribution in [0.4, 0.5) is 22.7 Å². The molecule has 7 rings (SSSR count). The number of rotatable bonds is 18. The van der Waals surface area contributed by atoms with Gasteiger partial charge in [0.25, 0.3) is 11.5 Å². The highest BCUT2D eigenvalue weighted by molar-refractivity contribution is 6.48. The van der Waals surface area contributed by atoms with Gasteiger partial charge in [0.15, 0.2) is 17.3 Å².